The van der Waals surface area contributed by atoms with E-state index in [1.165, 1.54) is 5.56 Å². The van der Waals surface area contributed by atoms with Gasteiger partial charge in [-0.1, -0.05) is 13.0 Å². The SMILES string of the molecule is CCN(CCOC)Cc1ccc(C)nc1. The molecule has 0 aliphatic carbocycles. The fourth-order valence-electron chi connectivity index (χ4n) is 1.42. The summed E-state index contributed by atoms with van der Waals surface area (Å²) in [4.78, 5) is 6.63. The molecule has 0 aromatic carbocycles. The normalized spacial score (nSPS) is 10.9. The topological polar surface area (TPSA) is 25.4 Å². The molecule has 1 aromatic rings. The third-order valence-electron chi connectivity index (χ3n) is 2.44. The first-order valence-electron chi connectivity index (χ1n) is 5.39. The molecule has 0 unspecified atom stereocenters. The fraction of sp³-hybridized carbons (Fsp3) is 0.583. The van der Waals surface area contributed by atoms with Crippen molar-refractivity contribution in [2.45, 2.75) is 20.4 Å². The third kappa shape index (κ3) is 4.40. The van der Waals surface area contributed by atoms with Crippen LogP contribution in [0.4, 0.5) is 0 Å². The Bertz CT molecular complexity index is 271. The van der Waals surface area contributed by atoms with Gasteiger partial charge >= 0.3 is 0 Å². The van der Waals surface area contributed by atoms with Crippen molar-refractivity contribution in [1.82, 2.24) is 9.88 Å². The molecule has 0 aliphatic rings. The number of hydrogen-bond acceptors (Lipinski definition) is 3. The van der Waals surface area contributed by atoms with Gasteiger partial charge in [0.2, 0.25) is 0 Å². The Morgan fingerprint density at radius 1 is 1.40 bits per heavy atom. The molecule has 0 radical (unpaired) electrons. The Balaban J connectivity index is 2.47. The molecule has 3 nitrogen and oxygen atoms in total. The number of aromatic nitrogens is 1. The zero-order valence-electron chi connectivity index (χ0n) is 9.86. The van der Waals surface area contributed by atoms with E-state index in [-0.39, 0.29) is 0 Å². The molecular weight excluding hydrogens is 188 g/mol. The smallest absolute Gasteiger partial charge is 0.0589 e. The number of pyridine rings is 1. The molecule has 0 N–H and O–H groups in total. The second-order valence-corrected chi connectivity index (χ2v) is 3.67. The zero-order chi connectivity index (χ0) is 11.1. The fourth-order valence-corrected chi connectivity index (χ4v) is 1.42. The summed E-state index contributed by atoms with van der Waals surface area (Å²) >= 11 is 0. The summed E-state index contributed by atoms with van der Waals surface area (Å²) in [5.41, 5.74) is 2.33. The molecule has 1 heterocycles. The molecule has 0 fully saturated rings. The summed E-state index contributed by atoms with van der Waals surface area (Å²) in [6.07, 6.45) is 1.95. The van der Waals surface area contributed by atoms with Crippen LogP contribution in [0.25, 0.3) is 0 Å². The maximum atomic E-state index is 5.07. The maximum Gasteiger partial charge on any atom is 0.0589 e. The number of aryl methyl sites for hydroxylation is 1. The van der Waals surface area contributed by atoms with E-state index in [1.54, 1.807) is 7.11 Å². The first-order valence-corrected chi connectivity index (χ1v) is 5.39. The molecule has 1 rings (SSSR count). The van der Waals surface area contributed by atoms with Crippen molar-refractivity contribution in [3.63, 3.8) is 0 Å². The summed E-state index contributed by atoms with van der Waals surface area (Å²) < 4.78 is 5.07. The van der Waals surface area contributed by atoms with Gasteiger partial charge in [0, 0.05) is 32.1 Å². The molecule has 0 saturated heterocycles. The standard InChI is InChI=1S/C12H20N2O/c1-4-14(7-8-15-3)10-12-6-5-11(2)13-9-12/h5-6,9H,4,7-8,10H2,1-3H3. The lowest BCUT2D eigenvalue weighted by Crippen LogP contribution is -2.26. The van der Waals surface area contributed by atoms with Crippen LogP contribution in [0, 0.1) is 6.92 Å². The van der Waals surface area contributed by atoms with Crippen LogP contribution < -0.4 is 0 Å². The zero-order valence-corrected chi connectivity index (χ0v) is 9.86. The van der Waals surface area contributed by atoms with Gasteiger partial charge in [-0.05, 0) is 25.1 Å². The van der Waals surface area contributed by atoms with Crippen molar-refractivity contribution >= 4 is 0 Å². The first kappa shape index (κ1) is 12.1. The molecule has 84 valence electrons. The Kier molecular flexibility index (Phi) is 5.29. The van der Waals surface area contributed by atoms with Crippen LogP contribution in [0.3, 0.4) is 0 Å². The minimum atomic E-state index is 0.785. The van der Waals surface area contributed by atoms with Gasteiger partial charge in [0.05, 0.1) is 6.61 Å². The van der Waals surface area contributed by atoms with Gasteiger partial charge in [-0.15, -0.1) is 0 Å². The molecular formula is C12H20N2O. The predicted octanol–water partition coefficient (Wildman–Crippen LogP) is 1.86. The van der Waals surface area contributed by atoms with Crippen LogP contribution in [-0.4, -0.2) is 36.7 Å². The molecule has 0 saturated carbocycles. The summed E-state index contributed by atoms with van der Waals surface area (Å²) in [6, 6.07) is 4.19. The quantitative estimate of drug-likeness (QED) is 0.713. The minimum absolute atomic E-state index is 0.785. The first-order chi connectivity index (χ1) is 7.26. The number of likely N-dealkylation sites (N-methyl/N-ethyl adjacent to an activating group) is 1. The maximum absolute atomic E-state index is 5.07. The van der Waals surface area contributed by atoms with E-state index < -0.39 is 0 Å². The van der Waals surface area contributed by atoms with E-state index in [1.807, 2.05) is 13.1 Å². The molecule has 15 heavy (non-hydrogen) atoms. The van der Waals surface area contributed by atoms with Crippen molar-refractivity contribution < 1.29 is 4.74 Å². The van der Waals surface area contributed by atoms with E-state index in [9.17, 15) is 0 Å². The average molecular weight is 208 g/mol. The average Bonchev–Trinajstić information content (AvgIpc) is 2.27. The molecule has 1 aromatic heterocycles. The van der Waals surface area contributed by atoms with Gasteiger partial charge in [0.1, 0.15) is 0 Å². The van der Waals surface area contributed by atoms with Crippen molar-refractivity contribution in [2.24, 2.45) is 0 Å². The van der Waals surface area contributed by atoms with E-state index in [0.29, 0.717) is 0 Å². The Morgan fingerprint density at radius 3 is 2.73 bits per heavy atom. The van der Waals surface area contributed by atoms with Crippen molar-refractivity contribution in [1.29, 1.82) is 0 Å². The minimum Gasteiger partial charge on any atom is -0.383 e. The van der Waals surface area contributed by atoms with Crippen LogP contribution in [0.1, 0.15) is 18.2 Å². The van der Waals surface area contributed by atoms with Gasteiger partial charge < -0.3 is 4.74 Å². The lowest BCUT2D eigenvalue weighted by molar-refractivity contribution is 0.147. The van der Waals surface area contributed by atoms with Gasteiger partial charge in [0.25, 0.3) is 0 Å². The highest BCUT2D eigenvalue weighted by Crippen LogP contribution is 2.03. The summed E-state index contributed by atoms with van der Waals surface area (Å²) in [7, 11) is 1.74. The van der Waals surface area contributed by atoms with Crippen LogP contribution in [0.5, 0.6) is 0 Å². The third-order valence-corrected chi connectivity index (χ3v) is 2.44. The highest BCUT2D eigenvalue weighted by molar-refractivity contribution is 5.12. The lowest BCUT2D eigenvalue weighted by atomic mass is 10.2. The van der Waals surface area contributed by atoms with E-state index in [2.05, 4.69) is 28.9 Å². The second-order valence-electron chi connectivity index (χ2n) is 3.67. The lowest BCUT2D eigenvalue weighted by Gasteiger charge is -2.19. The monoisotopic (exact) mass is 208 g/mol. The van der Waals surface area contributed by atoms with Crippen LogP contribution in [-0.2, 0) is 11.3 Å². The number of nitrogens with zero attached hydrogens (tertiary/aromatic N) is 2. The van der Waals surface area contributed by atoms with Crippen molar-refractivity contribution in [2.75, 3.05) is 26.8 Å². The van der Waals surface area contributed by atoms with Crippen LogP contribution in [0.15, 0.2) is 18.3 Å². The predicted molar refractivity (Wildman–Crippen MR) is 61.8 cm³/mol. The Morgan fingerprint density at radius 2 is 2.20 bits per heavy atom. The second kappa shape index (κ2) is 6.53. The molecule has 0 spiro atoms. The summed E-state index contributed by atoms with van der Waals surface area (Å²) in [5.74, 6) is 0. The van der Waals surface area contributed by atoms with E-state index >= 15 is 0 Å². The highest BCUT2D eigenvalue weighted by Gasteiger charge is 2.03. The van der Waals surface area contributed by atoms with Crippen LogP contribution in [0.2, 0.25) is 0 Å². The van der Waals surface area contributed by atoms with Crippen molar-refractivity contribution in [3.8, 4) is 0 Å². The number of methoxy groups -OCH3 is 1. The van der Waals surface area contributed by atoms with Gasteiger partial charge in [-0.25, -0.2) is 0 Å². The number of rotatable bonds is 6. The Labute approximate surface area is 92.1 Å². The molecule has 0 amide bonds. The van der Waals surface area contributed by atoms with Gasteiger partial charge in [-0.3, -0.25) is 9.88 Å². The van der Waals surface area contributed by atoms with E-state index in [0.717, 1.165) is 31.9 Å². The molecule has 3 heteroatoms. The van der Waals surface area contributed by atoms with E-state index in [4.69, 9.17) is 4.74 Å². The number of hydrogen-bond donors (Lipinski definition) is 0. The largest absolute Gasteiger partial charge is 0.383 e. The summed E-state index contributed by atoms with van der Waals surface area (Å²) in [6.45, 7) is 7.92. The number of ether oxygens (including phenoxy) is 1. The Hall–Kier alpha value is -0.930. The molecule has 0 atom stereocenters. The molecule has 0 bridgehead atoms. The summed E-state index contributed by atoms with van der Waals surface area (Å²) in [5, 5.41) is 0. The van der Waals surface area contributed by atoms with Crippen molar-refractivity contribution in [3.05, 3.63) is 29.6 Å². The van der Waals surface area contributed by atoms with Gasteiger partial charge in [-0.2, -0.15) is 0 Å². The highest BCUT2D eigenvalue weighted by atomic mass is 16.5. The van der Waals surface area contributed by atoms with Crippen LogP contribution >= 0.6 is 0 Å². The van der Waals surface area contributed by atoms with Gasteiger partial charge in [0.15, 0.2) is 0 Å². The molecule has 0 aliphatic heterocycles.